The summed E-state index contributed by atoms with van der Waals surface area (Å²) in [5.41, 5.74) is 0.444. The first kappa shape index (κ1) is 43.6. The number of rotatable bonds is 11. The number of anilines is 1. The van der Waals surface area contributed by atoms with E-state index in [2.05, 4.69) is 27.0 Å². The number of nitrogens with one attached hydrogen (secondary N) is 2. The highest BCUT2D eigenvalue weighted by Crippen LogP contribution is 2.46. The highest BCUT2D eigenvalue weighted by Gasteiger charge is 2.45. The molecule has 2 saturated carbocycles. The van der Waals surface area contributed by atoms with Crippen molar-refractivity contribution in [1.29, 1.82) is 0 Å². The van der Waals surface area contributed by atoms with Gasteiger partial charge in [0.15, 0.2) is 15.7 Å². The standard InChI is InChI=1S/C41H43ClF5N5O6S2/c1-39(2,3)58-38(53)49-32(19-22-17-23(43)20-24(44)18-22)35-33(28-8-6-7-27(28)31(48-35)15-16-40(4,5)59(54,55)25-9-10-25)29-13-14-30(42)34-36(29)52(21-41(45,46)47)50-37(34)51-60(56,57)26-11-12-26/h13-14,17-18,20,25-26,32H,6-12,19,21H2,1-5H3,(H,49,53)(H,50,51)/t32-/m0/s1. The Morgan fingerprint density at radius 1 is 0.967 bits per heavy atom. The quantitative estimate of drug-likeness (QED) is 0.113. The molecule has 0 aliphatic heterocycles. The van der Waals surface area contributed by atoms with Crippen molar-refractivity contribution in [3.05, 3.63) is 75.1 Å². The van der Waals surface area contributed by atoms with Crippen LogP contribution < -0.4 is 10.0 Å². The Kier molecular flexibility index (Phi) is 11.2. The number of hydrogen-bond donors (Lipinski definition) is 2. The Morgan fingerprint density at radius 3 is 2.20 bits per heavy atom. The molecule has 0 radical (unpaired) electrons. The fourth-order valence-electron chi connectivity index (χ4n) is 7.48. The van der Waals surface area contributed by atoms with E-state index in [0.29, 0.717) is 66.8 Å². The van der Waals surface area contributed by atoms with Gasteiger partial charge in [0.1, 0.15) is 34.2 Å². The Hall–Kier alpha value is -4.47. The zero-order chi connectivity index (χ0) is 43.7. The third-order valence-electron chi connectivity index (χ3n) is 10.5. The van der Waals surface area contributed by atoms with Crippen LogP contribution in [0, 0.1) is 23.5 Å². The van der Waals surface area contributed by atoms with E-state index in [1.54, 1.807) is 20.8 Å². The van der Waals surface area contributed by atoms with E-state index in [-0.39, 0.29) is 50.4 Å². The lowest BCUT2D eigenvalue weighted by molar-refractivity contribution is -0.141. The van der Waals surface area contributed by atoms with Crippen molar-refractivity contribution in [3.63, 3.8) is 0 Å². The van der Waals surface area contributed by atoms with Crippen molar-refractivity contribution >= 4 is 54.3 Å². The number of halogens is 6. The highest BCUT2D eigenvalue weighted by atomic mass is 35.5. The van der Waals surface area contributed by atoms with Crippen LogP contribution in [0.4, 0.5) is 32.6 Å². The molecule has 0 saturated heterocycles. The third-order valence-corrected chi connectivity index (χ3v) is 15.5. The predicted molar refractivity (Wildman–Crippen MR) is 217 cm³/mol. The summed E-state index contributed by atoms with van der Waals surface area (Å²) in [5, 5.41) is 5.37. The van der Waals surface area contributed by atoms with Gasteiger partial charge in [-0.05, 0) is 127 Å². The Morgan fingerprint density at radius 2 is 1.60 bits per heavy atom. The number of nitrogens with zero attached hydrogens (tertiary/aromatic N) is 3. The van der Waals surface area contributed by atoms with E-state index in [1.807, 2.05) is 0 Å². The Labute approximate surface area is 349 Å². The van der Waals surface area contributed by atoms with Crippen LogP contribution in [0.1, 0.15) is 101 Å². The van der Waals surface area contributed by atoms with Crippen LogP contribution in [0.5, 0.6) is 0 Å². The van der Waals surface area contributed by atoms with Crippen LogP contribution in [-0.2, 0) is 50.4 Å². The number of alkyl halides is 3. The molecule has 2 fully saturated rings. The normalized spacial score (nSPS) is 16.6. The van der Waals surface area contributed by atoms with Gasteiger partial charge in [0, 0.05) is 17.2 Å². The average molecular weight is 896 g/mol. The second-order valence-electron chi connectivity index (χ2n) is 17.0. The molecule has 322 valence electrons. The number of fused-ring (bicyclic) bond motifs is 2. The van der Waals surface area contributed by atoms with Crippen LogP contribution in [0.3, 0.4) is 0 Å². The van der Waals surface area contributed by atoms with Gasteiger partial charge in [-0.25, -0.2) is 35.4 Å². The molecule has 2 aromatic carbocycles. The van der Waals surface area contributed by atoms with E-state index in [4.69, 9.17) is 21.3 Å². The minimum absolute atomic E-state index is 0.00169. The summed E-state index contributed by atoms with van der Waals surface area (Å²) in [7, 11) is -7.73. The molecule has 3 aliphatic carbocycles. The smallest absolute Gasteiger partial charge is 0.408 e. The molecular weight excluding hydrogens is 853 g/mol. The van der Waals surface area contributed by atoms with Gasteiger partial charge in [0.2, 0.25) is 10.0 Å². The minimum Gasteiger partial charge on any atom is -0.444 e. The number of amides is 1. The van der Waals surface area contributed by atoms with E-state index in [0.717, 1.165) is 12.1 Å². The van der Waals surface area contributed by atoms with Gasteiger partial charge >= 0.3 is 12.3 Å². The molecule has 2 N–H and O–H groups in total. The summed E-state index contributed by atoms with van der Waals surface area (Å²) in [6.07, 6.45) is -3.13. The van der Waals surface area contributed by atoms with Gasteiger partial charge in [0.25, 0.3) is 0 Å². The number of benzene rings is 2. The SMILES string of the molecule is CC(C)(C)OC(=O)N[C@@H](Cc1cc(F)cc(F)c1)c1nc(C#CC(C)(C)S(=O)(=O)C2CC2)c2c(c1-c1ccc(Cl)c3c(NS(=O)(=O)C4CC4)nn(CC(F)(F)F)c13)CCC2. The number of aromatic nitrogens is 3. The highest BCUT2D eigenvalue weighted by molar-refractivity contribution is 7.94. The van der Waals surface area contributed by atoms with Crippen molar-refractivity contribution in [2.24, 2.45) is 0 Å². The average Bonchev–Trinajstić information content (AvgIpc) is 4.04. The molecule has 1 atom stereocenters. The number of carbonyl (C=O) groups is 1. The molecule has 2 aromatic heterocycles. The lowest BCUT2D eigenvalue weighted by Gasteiger charge is -2.27. The summed E-state index contributed by atoms with van der Waals surface area (Å²) in [4.78, 5) is 18.6. The molecule has 7 rings (SSSR count). The van der Waals surface area contributed by atoms with Crippen LogP contribution >= 0.6 is 11.6 Å². The molecule has 60 heavy (non-hydrogen) atoms. The number of ether oxygens (including phenoxy) is 1. The zero-order valence-electron chi connectivity index (χ0n) is 33.4. The molecule has 0 bridgehead atoms. The van der Waals surface area contributed by atoms with Crippen LogP contribution in [-0.4, -0.2) is 64.7 Å². The van der Waals surface area contributed by atoms with Crippen molar-refractivity contribution in [3.8, 4) is 23.0 Å². The van der Waals surface area contributed by atoms with E-state index in [1.165, 1.54) is 26.0 Å². The first-order valence-electron chi connectivity index (χ1n) is 19.4. The molecular formula is C41H43ClF5N5O6S2. The fourth-order valence-corrected chi connectivity index (χ4v) is 10.8. The van der Waals surface area contributed by atoms with Crippen molar-refractivity contribution in [2.45, 2.75) is 126 Å². The number of carbonyl (C=O) groups excluding carboxylic acids is 1. The number of hydrogen-bond acceptors (Lipinski definition) is 8. The summed E-state index contributed by atoms with van der Waals surface area (Å²) < 4.78 is 133. The van der Waals surface area contributed by atoms with E-state index in [9.17, 15) is 43.6 Å². The molecule has 0 unspecified atom stereocenters. The number of sulfonamides is 1. The number of pyridine rings is 1. The second-order valence-corrected chi connectivity index (χ2v) is 22.1. The second kappa shape index (κ2) is 15.5. The Bertz CT molecular complexity index is 2670. The predicted octanol–water partition coefficient (Wildman–Crippen LogP) is 8.50. The minimum atomic E-state index is -4.84. The number of sulfone groups is 1. The van der Waals surface area contributed by atoms with Gasteiger partial charge in [-0.2, -0.15) is 18.3 Å². The summed E-state index contributed by atoms with van der Waals surface area (Å²) in [6.45, 7) is 6.20. The first-order valence-corrected chi connectivity index (χ1v) is 22.8. The van der Waals surface area contributed by atoms with Crippen LogP contribution in [0.25, 0.3) is 22.0 Å². The molecule has 4 aromatic rings. The maximum absolute atomic E-state index is 14.7. The van der Waals surface area contributed by atoms with Gasteiger partial charge in [-0.1, -0.05) is 23.6 Å². The van der Waals surface area contributed by atoms with Crippen molar-refractivity contribution in [2.75, 3.05) is 4.72 Å². The molecule has 0 spiro atoms. The molecule has 11 nitrogen and oxygen atoms in total. The van der Waals surface area contributed by atoms with Crippen LogP contribution in [0.15, 0.2) is 30.3 Å². The summed E-state index contributed by atoms with van der Waals surface area (Å²) in [5.74, 6) is 3.65. The molecule has 3 aliphatic rings. The largest absolute Gasteiger partial charge is 0.444 e. The Balaban J connectivity index is 1.53. The monoisotopic (exact) mass is 895 g/mol. The lowest BCUT2D eigenvalue weighted by Crippen LogP contribution is -2.36. The van der Waals surface area contributed by atoms with E-state index >= 15 is 0 Å². The third kappa shape index (κ3) is 9.23. The maximum atomic E-state index is 14.7. The van der Waals surface area contributed by atoms with Crippen LogP contribution in [0.2, 0.25) is 5.02 Å². The molecule has 1 amide bonds. The molecule has 19 heteroatoms. The first-order chi connectivity index (χ1) is 27.8. The van der Waals surface area contributed by atoms with Gasteiger partial charge in [-0.15, -0.1) is 0 Å². The zero-order valence-corrected chi connectivity index (χ0v) is 35.7. The topological polar surface area (TPSA) is 149 Å². The fraction of sp³-hybridized carbons (Fsp3) is 0.488. The lowest BCUT2D eigenvalue weighted by atomic mass is 9.88. The summed E-state index contributed by atoms with van der Waals surface area (Å²) in [6, 6.07) is 4.32. The van der Waals surface area contributed by atoms with Gasteiger partial charge in [-0.3, -0.25) is 9.40 Å². The summed E-state index contributed by atoms with van der Waals surface area (Å²) >= 11 is 6.69. The van der Waals surface area contributed by atoms with E-state index < -0.39 is 83.0 Å². The maximum Gasteiger partial charge on any atom is 0.408 e. The molecule has 2 heterocycles. The van der Waals surface area contributed by atoms with Crippen molar-refractivity contribution in [1.82, 2.24) is 20.1 Å². The van der Waals surface area contributed by atoms with Crippen molar-refractivity contribution < 1.29 is 48.3 Å². The number of alkyl carbamates (subject to hydrolysis) is 1. The van der Waals surface area contributed by atoms with Gasteiger partial charge < -0.3 is 10.1 Å². The van der Waals surface area contributed by atoms with Gasteiger partial charge in [0.05, 0.1) is 38.2 Å².